The summed E-state index contributed by atoms with van der Waals surface area (Å²) in [6.07, 6.45) is 6.54. The van der Waals surface area contributed by atoms with Gasteiger partial charge in [0.25, 0.3) is 0 Å². The van der Waals surface area contributed by atoms with Gasteiger partial charge in [0.15, 0.2) is 0 Å². The van der Waals surface area contributed by atoms with Crippen molar-refractivity contribution in [2.75, 3.05) is 0 Å². The first kappa shape index (κ1) is 17.7. The Hall–Kier alpha value is -2.68. The first-order chi connectivity index (χ1) is 13.0. The molecule has 0 aliphatic heterocycles. The summed E-state index contributed by atoms with van der Waals surface area (Å²) >= 11 is 0. The third kappa shape index (κ3) is 3.34. The molecule has 2 aromatic carbocycles. The average Bonchev–Trinajstić information content (AvgIpc) is 2.68. The summed E-state index contributed by atoms with van der Waals surface area (Å²) in [5, 5.41) is 10.5. The number of aromatic nitrogens is 1. The first-order valence-corrected chi connectivity index (χ1v) is 9.79. The fraction of sp³-hybridized carbons (Fsp3) is 0.333. The second kappa shape index (κ2) is 7.15. The fourth-order valence-electron chi connectivity index (χ4n) is 4.38. The Labute approximate surface area is 160 Å². The molecular weight excluding hydrogens is 334 g/mol. The molecule has 1 saturated carbocycles. The van der Waals surface area contributed by atoms with Gasteiger partial charge in [0.05, 0.1) is 16.8 Å². The SMILES string of the molecule is Cc1ccc2nc(-c3ccc(C4CCCCC4)cc3)c(C)c(C(=O)O)c2c1. The van der Waals surface area contributed by atoms with Crippen LogP contribution in [0.1, 0.15) is 65.1 Å². The number of carboxylic acids is 1. The van der Waals surface area contributed by atoms with Crippen molar-refractivity contribution in [3.05, 3.63) is 64.7 Å². The van der Waals surface area contributed by atoms with Gasteiger partial charge in [-0.2, -0.15) is 0 Å². The van der Waals surface area contributed by atoms with E-state index < -0.39 is 5.97 Å². The number of carbonyl (C=O) groups is 1. The number of hydrogen-bond acceptors (Lipinski definition) is 2. The molecule has 1 heterocycles. The Morgan fingerprint density at radius 2 is 1.70 bits per heavy atom. The summed E-state index contributed by atoms with van der Waals surface area (Å²) in [4.78, 5) is 16.8. The molecule has 3 heteroatoms. The minimum Gasteiger partial charge on any atom is -0.478 e. The molecule has 3 nitrogen and oxygen atoms in total. The van der Waals surface area contributed by atoms with E-state index in [1.54, 1.807) is 0 Å². The lowest BCUT2D eigenvalue weighted by atomic mass is 9.83. The van der Waals surface area contributed by atoms with Crippen molar-refractivity contribution in [1.82, 2.24) is 4.98 Å². The molecule has 27 heavy (non-hydrogen) atoms. The lowest BCUT2D eigenvalue weighted by Crippen LogP contribution is -2.06. The number of carboxylic acid groups (broad SMARTS) is 1. The second-order valence-corrected chi connectivity index (χ2v) is 7.74. The third-order valence-electron chi connectivity index (χ3n) is 5.86. The minimum atomic E-state index is -0.898. The quantitative estimate of drug-likeness (QED) is 0.600. The van der Waals surface area contributed by atoms with Crippen molar-refractivity contribution in [3.63, 3.8) is 0 Å². The highest BCUT2D eigenvalue weighted by Gasteiger charge is 2.19. The van der Waals surface area contributed by atoms with Crippen LogP contribution in [0.4, 0.5) is 0 Å². The maximum Gasteiger partial charge on any atom is 0.336 e. The predicted molar refractivity (Wildman–Crippen MR) is 109 cm³/mol. The predicted octanol–water partition coefficient (Wildman–Crippen LogP) is 6.26. The van der Waals surface area contributed by atoms with Crippen molar-refractivity contribution in [2.45, 2.75) is 51.9 Å². The summed E-state index contributed by atoms with van der Waals surface area (Å²) in [6, 6.07) is 14.4. The number of benzene rings is 2. The van der Waals surface area contributed by atoms with Crippen molar-refractivity contribution < 1.29 is 9.90 Å². The van der Waals surface area contributed by atoms with Gasteiger partial charge in [-0.1, -0.05) is 55.2 Å². The number of rotatable bonds is 3. The molecule has 1 aliphatic carbocycles. The normalized spacial score (nSPS) is 15.2. The van der Waals surface area contributed by atoms with Crippen LogP contribution in [0, 0.1) is 13.8 Å². The Morgan fingerprint density at radius 1 is 1.00 bits per heavy atom. The zero-order valence-corrected chi connectivity index (χ0v) is 16.0. The summed E-state index contributed by atoms with van der Waals surface area (Å²) in [5.41, 5.74) is 5.99. The van der Waals surface area contributed by atoms with E-state index in [9.17, 15) is 9.90 Å². The molecule has 0 saturated heterocycles. The van der Waals surface area contributed by atoms with Crippen molar-refractivity contribution in [3.8, 4) is 11.3 Å². The maximum absolute atomic E-state index is 12.0. The highest BCUT2D eigenvalue weighted by Crippen LogP contribution is 2.35. The number of pyridine rings is 1. The van der Waals surface area contributed by atoms with Gasteiger partial charge in [-0.15, -0.1) is 0 Å². The van der Waals surface area contributed by atoms with Gasteiger partial charge in [-0.25, -0.2) is 9.78 Å². The van der Waals surface area contributed by atoms with E-state index in [1.807, 2.05) is 32.0 Å². The van der Waals surface area contributed by atoms with Crippen molar-refractivity contribution >= 4 is 16.9 Å². The van der Waals surface area contributed by atoms with Crippen LogP contribution in [0.2, 0.25) is 0 Å². The monoisotopic (exact) mass is 359 g/mol. The van der Waals surface area contributed by atoms with Crippen LogP contribution >= 0.6 is 0 Å². The molecule has 1 fully saturated rings. The summed E-state index contributed by atoms with van der Waals surface area (Å²) < 4.78 is 0. The number of aryl methyl sites for hydroxylation is 1. The van der Waals surface area contributed by atoms with Gasteiger partial charge in [-0.05, 0) is 55.9 Å². The molecule has 0 radical (unpaired) electrons. The minimum absolute atomic E-state index is 0.357. The zero-order valence-electron chi connectivity index (χ0n) is 16.0. The number of fused-ring (bicyclic) bond motifs is 1. The molecule has 1 N–H and O–H groups in total. The second-order valence-electron chi connectivity index (χ2n) is 7.74. The van der Waals surface area contributed by atoms with Gasteiger partial charge >= 0.3 is 5.97 Å². The van der Waals surface area contributed by atoms with Gasteiger partial charge in [0, 0.05) is 10.9 Å². The Bertz CT molecular complexity index is 999. The van der Waals surface area contributed by atoms with Crippen LogP contribution in [0.5, 0.6) is 0 Å². The number of aromatic carboxylic acids is 1. The molecule has 1 aromatic heterocycles. The lowest BCUT2D eigenvalue weighted by Gasteiger charge is -2.22. The van der Waals surface area contributed by atoms with E-state index in [0.717, 1.165) is 27.9 Å². The van der Waals surface area contributed by atoms with Gasteiger partial charge in [0.2, 0.25) is 0 Å². The summed E-state index contributed by atoms with van der Waals surface area (Å²) in [6.45, 7) is 3.83. The maximum atomic E-state index is 12.0. The Balaban J connectivity index is 1.80. The van der Waals surface area contributed by atoms with Crippen molar-refractivity contribution in [2.24, 2.45) is 0 Å². The topological polar surface area (TPSA) is 50.2 Å². The van der Waals surface area contributed by atoms with Crippen LogP contribution in [-0.4, -0.2) is 16.1 Å². The summed E-state index contributed by atoms with van der Waals surface area (Å²) in [7, 11) is 0. The summed E-state index contributed by atoms with van der Waals surface area (Å²) in [5.74, 6) is -0.235. The number of hydrogen-bond donors (Lipinski definition) is 1. The first-order valence-electron chi connectivity index (χ1n) is 9.79. The molecule has 4 rings (SSSR count). The molecular formula is C24H25NO2. The largest absolute Gasteiger partial charge is 0.478 e. The van der Waals surface area contributed by atoms with Crippen molar-refractivity contribution in [1.29, 1.82) is 0 Å². The van der Waals surface area contributed by atoms with Gasteiger partial charge in [-0.3, -0.25) is 0 Å². The van der Waals surface area contributed by atoms with E-state index >= 15 is 0 Å². The third-order valence-corrected chi connectivity index (χ3v) is 5.86. The highest BCUT2D eigenvalue weighted by molar-refractivity contribution is 6.05. The van der Waals surface area contributed by atoms with Crippen LogP contribution in [-0.2, 0) is 0 Å². The Morgan fingerprint density at radius 3 is 2.37 bits per heavy atom. The molecule has 0 amide bonds. The van der Waals surface area contributed by atoms with Crippen LogP contribution < -0.4 is 0 Å². The van der Waals surface area contributed by atoms with Gasteiger partial charge < -0.3 is 5.11 Å². The van der Waals surface area contributed by atoms with E-state index in [4.69, 9.17) is 4.98 Å². The molecule has 138 valence electrons. The molecule has 3 aromatic rings. The lowest BCUT2D eigenvalue weighted by molar-refractivity contribution is 0.0698. The van der Waals surface area contributed by atoms with Gasteiger partial charge in [0.1, 0.15) is 0 Å². The molecule has 0 atom stereocenters. The number of nitrogens with zero attached hydrogens (tertiary/aromatic N) is 1. The standard InChI is InChI=1S/C24H25NO2/c1-15-8-13-21-20(14-15)22(24(26)27)16(2)23(25-21)19-11-9-18(10-12-19)17-6-4-3-5-7-17/h8-14,17H,3-7H2,1-2H3,(H,26,27). The highest BCUT2D eigenvalue weighted by atomic mass is 16.4. The van der Waals surface area contributed by atoms with Crippen LogP contribution in [0.25, 0.3) is 22.2 Å². The molecule has 0 unspecified atom stereocenters. The van der Waals surface area contributed by atoms with E-state index in [0.29, 0.717) is 16.9 Å². The van der Waals surface area contributed by atoms with E-state index in [-0.39, 0.29) is 0 Å². The smallest absolute Gasteiger partial charge is 0.336 e. The molecule has 0 spiro atoms. The average molecular weight is 359 g/mol. The van der Waals surface area contributed by atoms with E-state index in [2.05, 4.69) is 24.3 Å². The Kier molecular flexibility index (Phi) is 4.69. The zero-order chi connectivity index (χ0) is 19.0. The van der Waals surface area contributed by atoms with Crippen LogP contribution in [0.15, 0.2) is 42.5 Å². The molecule has 1 aliphatic rings. The van der Waals surface area contributed by atoms with E-state index in [1.165, 1.54) is 37.7 Å². The molecule has 0 bridgehead atoms. The fourth-order valence-corrected chi connectivity index (χ4v) is 4.38. The van der Waals surface area contributed by atoms with Crippen LogP contribution in [0.3, 0.4) is 0 Å².